The van der Waals surface area contributed by atoms with Crippen LogP contribution in [-0.4, -0.2) is 30.7 Å². The van der Waals surface area contributed by atoms with E-state index in [0.29, 0.717) is 6.04 Å². The minimum absolute atomic E-state index is 0.525. The molecule has 0 aromatic heterocycles. The second-order valence-corrected chi connectivity index (χ2v) is 5.31. The molecule has 1 aromatic rings. The summed E-state index contributed by atoms with van der Waals surface area (Å²) in [6.07, 6.45) is 1.12. The maximum absolute atomic E-state index is 5.84. The van der Waals surface area contributed by atoms with Crippen molar-refractivity contribution in [1.29, 1.82) is 0 Å². The Hall–Kier alpha value is -0.580. The van der Waals surface area contributed by atoms with Gasteiger partial charge in [0, 0.05) is 29.3 Å². The third kappa shape index (κ3) is 3.21. The van der Waals surface area contributed by atoms with Gasteiger partial charge in [-0.2, -0.15) is 0 Å². The molecule has 0 saturated carbocycles. The molecule has 0 aliphatic carbocycles. The summed E-state index contributed by atoms with van der Waals surface area (Å²) in [4.78, 5) is 2.48. The number of nitrogen functional groups attached to an aromatic ring is 1. The average molecular weight is 299 g/mol. The van der Waals surface area contributed by atoms with Crippen molar-refractivity contribution in [2.24, 2.45) is 0 Å². The van der Waals surface area contributed by atoms with Crippen LogP contribution < -0.4 is 5.73 Å². The molecule has 2 rings (SSSR count). The third-order valence-corrected chi connectivity index (χ3v) is 4.04. The smallest absolute Gasteiger partial charge is 0.0622 e. The number of halogens is 1. The Morgan fingerprint density at radius 3 is 3.12 bits per heavy atom. The molecule has 0 radical (unpaired) electrons. The summed E-state index contributed by atoms with van der Waals surface area (Å²) in [5.74, 6) is 0. The van der Waals surface area contributed by atoms with Crippen LogP contribution >= 0.6 is 15.9 Å². The first-order valence-corrected chi connectivity index (χ1v) is 6.85. The monoisotopic (exact) mass is 298 g/mol. The van der Waals surface area contributed by atoms with Crippen LogP contribution in [0.1, 0.15) is 18.9 Å². The number of nitrogens with two attached hydrogens (primary N) is 1. The van der Waals surface area contributed by atoms with Gasteiger partial charge in [0.2, 0.25) is 0 Å². The summed E-state index contributed by atoms with van der Waals surface area (Å²) in [5.41, 5.74) is 7.91. The molecule has 1 unspecified atom stereocenters. The zero-order valence-corrected chi connectivity index (χ0v) is 11.7. The molecular weight excluding hydrogens is 280 g/mol. The highest BCUT2D eigenvalue weighted by atomic mass is 79.9. The van der Waals surface area contributed by atoms with Gasteiger partial charge in [-0.1, -0.05) is 22.9 Å². The number of rotatable bonds is 3. The van der Waals surface area contributed by atoms with Crippen LogP contribution in [-0.2, 0) is 11.3 Å². The Balaban J connectivity index is 2.10. The van der Waals surface area contributed by atoms with Gasteiger partial charge in [-0.25, -0.2) is 0 Å². The molecule has 1 saturated heterocycles. The van der Waals surface area contributed by atoms with E-state index in [1.165, 1.54) is 5.56 Å². The molecule has 1 aliphatic rings. The second kappa shape index (κ2) is 5.85. The summed E-state index contributed by atoms with van der Waals surface area (Å²) in [6, 6.07) is 6.51. The van der Waals surface area contributed by atoms with Gasteiger partial charge in [-0.3, -0.25) is 4.90 Å². The highest BCUT2D eigenvalue weighted by Gasteiger charge is 2.21. The fraction of sp³-hybridized carbons (Fsp3) is 0.538. The lowest BCUT2D eigenvalue weighted by molar-refractivity contribution is -0.0128. The van der Waals surface area contributed by atoms with Crippen LogP contribution in [0, 0.1) is 0 Å². The Morgan fingerprint density at radius 2 is 2.35 bits per heavy atom. The number of nitrogens with zero attached hydrogens (tertiary/aromatic N) is 1. The van der Waals surface area contributed by atoms with Gasteiger partial charge in [0.25, 0.3) is 0 Å². The highest BCUT2D eigenvalue weighted by Crippen LogP contribution is 2.23. The van der Waals surface area contributed by atoms with Gasteiger partial charge in [0.05, 0.1) is 13.2 Å². The number of ether oxygens (including phenoxy) is 1. The molecule has 4 heteroatoms. The standard InChI is InChI=1S/C13H19BrN2O/c1-2-12-9-17-6-5-16(12)8-10-7-11(15)3-4-13(10)14/h3-4,7,12H,2,5-6,8-9,15H2,1H3. The summed E-state index contributed by atoms with van der Waals surface area (Å²) in [6.45, 7) is 5.82. The molecule has 0 spiro atoms. The SMILES string of the molecule is CCC1COCCN1Cc1cc(N)ccc1Br. The van der Waals surface area contributed by atoms with Crippen molar-refractivity contribution in [1.82, 2.24) is 4.90 Å². The van der Waals surface area contributed by atoms with Crippen LogP contribution in [0.2, 0.25) is 0 Å². The maximum Gasteiger partial charge on any atom is 0.0622 e. The lowest BCUT2D eigenvalue weighted by Crippen LogP contribution is -2.44. The topological polar surface area (TPSA) is 38.5 Å². The maximum atomic E-state index is 5.84. The number of hydrogen-bond acceptors (Lipinski definition) is 3. The molecule has 0 bridgehead atoms. The summed E-state index contributed by atoms with van der Waals surface area (Å²) in [5, 5.41) is 0. The molecule has 1 atom stereocenters. The van der Waals surface area contributed by atoms with E-state index in [2.05, 4.69) is 27.8 Å². The summed E-state index contributed by atoms with van der Waals surface area (Å²) < 4.78 is 6.65. The minimum atomic E-state index is 0.525. The Labute approximate surface area is 111 Å². The minimum Gasteiger partial charge on any atom is -0.399 e. The summed E-state index contributed by atoms with van der Waals surface area (Å²) in [7, 11) is 0. The number of benzene rings is 1. The van der Waals surface area contributed by atoms with E-state index in [9.17, 15) is 0 Å². The first-order chi connectivity index (χ1) is 8.20. The lowest BCUT2D eigenvalue weighted by Gasteiger charge is -2.35. The quantitative estimate of drug-likeness (QED) is 0.872. The van der Waals surface area contributed by atoms with Gasteiger partial charge < -0.3 is 10.5 Å². The van der Waals surface area contributed by atoms with Gasteiger partial charge in [0.15, 0.2) is 0 Å². The summed E-state index contributed by atoms with van der Waals surface area (Å²) >= 11 is 3.59. The zero-order valence-electron chi connectivity index (χ0n) is 10.2. The average Bonchev–Trinajstić information content (AvgIpc) is 2.34. The van der Waals surface area contributed by atoms with Crippen molar-refractivity contribution in [2.75, 3.05) is 25.5 Å². The van der Waals surface area contributed by atoms with Crippen molar-refractivity contribution < 1.29 is 4.74 Å². The second-order valence-electron chi connectivity index (χ2n) is 4.46. The molecule has 0 amide bonds. The van der Waals surface area contributed by atoms with Crippen molar-refractivity contribution in [2.45, 2.75) is 25.9 Å². The molecule has 1 aromatic carbocycles. The van der Waals surface area contributed by atoms with Gasteiger partial charge in [-0.05, 0) is 30.2 Å². The van der Waals surface area contributed by atoms with E-state index < -0.39 is 0 Å². The Kier molecular flexibility index (Phi) is 4.42. The van der Waals surface area contributed by atoms with Crippen molar-refractivity contribution in [3.8, 4) is 0 Å². The van der Waals surface area contributed by atoms with E-state index in [4.69, 9.17) is 10.5 Å². The van der Waals surface area contributed by atoms with Crippen molar-refractivity contribution in [3.05, 3.63) is 28.2 Å². The van der Waals surface area contributed by atoms with Gasteiger partial charge >= 0.3 is 0 Å². The molecule has 94 valence electrons. The molecule has 1 heterocycles. The zero-order chi connectivity index (χ0) is 12.3. The van der Waals surface area contributed by atoms with Crippen LogP contribution in [0.4, 0.5) is 5.69 Å². The molecule has 1 aliphatic heterocycles. The van der Waals surface area contributed by atoms with Crippen LogP contribution in [0.3, 0.4) is 0 Å². The van der Waals surface area contributed by atoms with E-state index >= 15 is 0 Å². The first-order valence-electron chi connectivity index (χ1n) is 6.06. The van der Waals surface area contributed by atoms with Crippen LogP contribution in [0.15, 0.2) is 22.7 Å². The third-order valence-electron chi connectivity index (χ3n) is 3.26. The van der Waals surface area contributed by atoms with Gasteiger partial charge in [-0.15, -0.1) is 0 Å². The predicted octanol–water partition coefficient (Wildman–Crippen LogP) is 2.64. The number of morpholine rings is 1. The van der Waals surface area contributed by atoms with E-state index in [0.717, 1.165) is 42.9 Å². The number of anilines is 1. The van der Waals surface area contributed by atoms with Crippen molar-refractivity contribution >= 4 is 21.6 Å². The van der Waals surface area contributed by atoms with Crippen LogP contribution in [0.25, 0.3) is 0 Å². The number of hydrogen-bond donors (Lipinski definition) is 1. The Bertz CT molecular complexity index is 384. The largest absolute Gasteiger partial charge is 0.399 e. The van der Waals surface area contributed by atoms with Gasteiger partial charge in [0.1, 0.15) is 0 Å². The van der Waals surface area contributed by atoms with Crippen LogP contribution in [0.5, 0.6) is 0 Å². The molecule has 2 N–H and O–H groups in total. The highest BCUT2D eigenvalue weighted by molar-refractivity contribution is 9.10. The van der Waals surface area contributed by atoms with E-state index in [1.807, 2.05) is 18.2 Å². The molecule has 17 heavy (non-hydrogen) atoms. The normalized spacial score (nSPS) is 21.6. The molecule has 3 nitrogen and oxygen atoms in total. The lowest BCUT2D eigenvalue weighted by atomic mass is 10.1. The fourth-order valence-corrected chi connectivity index (χ4v) is 2.58. The molecular formula is C13H19BrN2O. The fourth-order valence-electron chi connectivity index (χ4n) is 2.21. The predicted molar refractivity (Wildman–Crippen MR) is 73.9 cm³/mol. The van der Waals surface area contributed by atoms with Crippen molar-refractivity contribution in [3.63, 3.8) is 0 Å². The first kappa shape index (κ1) is 12.9. The van der Waals surface area contributed by atoms with E-state index in [-0.39, 0.29) is 0 Å². The van der Waals surface area contributed by atoms with E-state index in [1.54, 1.807) is 0 Å². The Morgan fingerprint density at radius 1 is 1.53 bits per heavy atom. The molecule has 1 fully saturated rings.